The maximum Gasteiger partial charge on any atom is 0.316 e. The number of rotatable bonds is 8. The van der Waals surface area contributed by atoms with Crippen molar-refractivity contribution in [2.45, 2.75) is 31.0 Å². The zero-order valence-corrected chi connectivity index (χ0v) is 16.7. The van der Waals surface area contributed by atoms with E-state index in [-0.39, 0.29) is 24.2 Å². The molecule has 0 bridgehead atoms. The number of amides is 1. The molecule has 7 nitrogen and oxygen atoms in total. The Kier molecular flexibility index (Phi) is 7.40. The predicted molar refractivity (Wildman–Crippen MR) is 102 cm³/mol. The van der Waals surface area contributed by atoms with Crippen LogP contribution in [0.2, 0.25) is 0 Å². The molecule has 1 aromatic heterocycles. The van der Waals surface area contributed by atoms with E-state index in [1.165, 1.54) is 30.2 Å². The lowest BCUT2D eigenvalue weighted by molar-refractivity contribution is -0.137. The average Bonchev–Trinajstić information content (AvgIpc) is 3.04. The lowest BCUT2D eigenvalue weighted by Gasteiger charge is -2.14. The van der Waals surface area contributed by atoms with E-state index in [2.05, 4.69) is 34.1 Å². The van der Waals surface area contributed by atoms with Crippen LogP contribution in [0.4, 0.5) is 5.13 Å². The van der Waals surface area contributed by atoms with Crippen LogP contribution in [0.15, 0.2) is 22.5 Å². The van der Waals surface area contributed by atoms with Gasteiger partial charge >= 0.3 is 5.97 Å². The van der Waals surface area contributed by atoms with E-state index in [0.717, 1.165) is 11.1 Å². The zero-order chi connectivity index (χ0) is 19.1. The molecule has 9 heteroatoms. The van der Waals surface area contributed by atoms with Crippen LogP contribution in [0, 0.1) is 6.92 Å². The Bertz CT molecular complexity index is 777. The van der Waals surface area contributed by atoms with Crippen molar-refractivity contribution in [3.8, 4) is 5.75 Å². The van der Waals surface area contributed by atoms with E-state index in [1.807, 2.05) is 25.1 Å². The van der Waals surface area contributed by atoms with Gasteiger partial charge in [-0.05, 0) is 30.0 Å². The highest BCUT2D eigenvalue weighted by Gasteiger charge is 2.13. The molecule has 0 fully saturated rings. The number of hydrogen-bond donors (Lipinski definition) is 1. The number of nitrogens with zero attached hydrogens (tertiary/aromatic N) is 2. The Morgan fingerprint density at radius 1 is 1.31 bits per heavy atom. The summed E-state index contributed by atoms with van der Waals surface area (Å²) in [4.78, 5) is 23.2. The van der Waals surface area contributed by atoms with Crippen molar-refractivity contribution in [2.75, 3.05) is 24.8 Å². The highest BCUT2D eigenvalue weighted by molar-refractivity contribution is 8.01. The molecule has 2 rings (SSSR count). The smallest absolute Gasteiger partial charge is 0.316 e. The minimum Gasteiger partial charge on any atom is -0.483 e. The van der Waals surface area contributed by atoms with Crippen molar-refractivity contribution in [3.63, 3.8) is 0 Å². The van der Waals surface area contributed by atoms with Gasteiger partial charge in [-0.3, -0.25) is 14.9 Å². The Morgan fingerprint density at radius 2 is 2.08 bits per heavy atom. The fourth-order valence-corrected chi connectivity index (χ4v) is 3.64. The fraction of sp³-hybridized carbons (Fsp3) is 0.412. The summed E-state index contributed by atoms with van der Waals surface area (Å²) in [6.07, 6.45) is 0. The van der Waals surface area contributed by atoms with E-state index >= 15 is 0 Å². The number of aryl methyl sites for hydroxylation is 1. The van der Waals surface area contributed by atoms with Crippen molar-refractivity contribution >= 4 is 40.1 Å². The molecule has 1 amide bonds. The number of nitrogens with one attached hydrogen (secondary N) is 1. The van der Waals surface area contributed by atoms with Crippen molar-refractivity contribution in [3.05, 3.63) is 29.3 Å². The van der Waals surface area contributed by atoms with E-state index in [0.29, 0.717) is 21.1 Å². The third-order valence-electron chi connectivity index (χ3n) is 3.34. The Balaban J connectivity index is 1.89. The van der Waals surface area contributed by atoms with Crippen LogP contribution in [0.3, 0.4) is 0 Å². The Morgan fingerprint density at radius 3 is 2.77 bits per heavy atom. The molecule has 0 aliphatic heterocycles. The molecule has 0 saturated carbocycles. The SMILES string of the molecule is COC(=O)CSc1nnc(NC(=O)COc2cc(C)ccc2C(C)C)s1. The summed E-state index contributed by atoms with van der Waals surface area (Å²) >= 11 is 2.40. The highest BCUT2D eigenvalue weighted by atomic mass is 32.2. The molecule has 1 heterocycles. The summed E-state index contributed by atoms with van der Waals surface area (Å²) in [5.74, 6) is 0.492. The average molecular weight is 396 g/mol. The Labute approximate surface area is 160 Å². The standard InChI is InChI=1S/C17H21N3O4S2/c1-10(2)12-6-5-11(3)7-13(12)24-8-14(21)18-16-19-20-17(26-16)25-9-15(22)23-4/h5-7,10H,8-9H2,1-4H3,(H,18,19,21). The van der Waals surface area contributed by atoms with Crippen LogP contribution in [-0.4, -0.2) is 41.5 Å². The number of aromatic nitrogens is 2. The van der Waals surface area contributed by atoms with Crippen molar-refractivity contribution in [2.24, 2.45) is 0 Å². The van der Waals surface area contributed by atoms with Gasteiger partial charge in [0.1, 0.15) is 5.75 Å². The van der Waals surface area contributed by atoms with Crippen LogP contribution < -0.4 is 10.1 Å². The summed E-state index contributed by atoms with van der Waals surface area (Å²) < 4.78 is 10.8. The summed E-state index contributed by atoms with van der Waals surface area (Å²) in [6, 6.07) is 5.97. The fourth-order valence-electron chi connectivity index (χ4n) is 2.04. The molecule has 2 aromatic rings. The van der Waals surface area contributed by atoms with Gasteiger partial charge in [-0.2, -0.15) is 0 Å². The molecule has 0 aliphatic rings. The van der Waals surface area contributed by atoms with Crippen molar-refractivity contribution in [1.29, 1.82) is 0 Å². The van der Waals surface area contributed by atoms with Crippen LogP contribution >= 0.6 is 23.1 Å². The summed E-state index contributed by atoms with van der Waals surface area (Å²) in [7, 11) is 1.33. The van der Waals surface area contributed by atoms with Crippen molar-refractivity contribution in [1.82, 2.24) is 10.2 Å². The van der Waals surface area contributed by atoms with Crippen molar-refractivity contribution < 1.29 is 19.1 Å². The number of anilines is 1. The van der Waals surface area contributed by atoms with Crippen LogP contribution in [0.1, 0.15) is 30.9 Å². The number of hydrogen-bond acceptors (Lipinski definition) is 8. The number of methoxy groups -OCH3 is 1. The first-order valence-corrected chi connectivity index (χ1v) is 9.75. The van der Waals surface area contributed by atoms with E-state index in [9.17, 15) is 9.59 Å². The number of carbonyl (C=O) groups excluding carboxylic acids is 2. The maximum absolute atomic E-state index is 12.1. The summed E-state index contributed by atoms with van der Waals surface area (Å²) in [6.45, 7) is 6.01. The van der Waals surface area contributed by atoms with Crippen LogP contribution in [0.5, 0.6) is 5.75 Å². The van der Waals surface area contributed by atoms with Gasteiger partial charge in [0, 0.05) is 0 Å². The lowest BCUT2D eigenvalue weighted by atomic mass is 10.0. The van der Waals surface area contributed by atoms with Gasteiger partial charge in [0.05, 0.1) is 12.9 Å². The van der Waals surface area contributed by atoms with Crippen LogP contribution in [-0.2, 0) is 14.3 Å². The first kappa shape index (κ1) is 20.2. The molecule has 0 saturated heterocycles. The van der Waals surface area contributed by atoms with Gasteiger partial charge in [-0.25, -0.2) is 0 Å². The van der Waals surface area contributed by atoms with Crippen LogP contribution in [0.25, 0.3) is 0 Å². The van der Waals surface area contributed by atoms with Gasteiger partial charge in [0.2, 0.25) is 5.13 Å². The Hall–Kier alpha value is -2.13. The molecule has 0 unspecified atom stereocenters. The topological polar surface area (TPSA) is 90.4 Å². The maximum atomic E-state index is 12.1. The molecule has 0 atom stereocenters. The third kappa shape index (κ3) is 5.99. The minimum atomic E-state index is -0.344. The number of carbonyl (C=O) groups is 2. The zero-order valence-electron chi connectivity index (χ0n) is 15.1. The molecule has 0 aliphatic carbocycles. The van der Waals surface area contributed by atoms with E-state index < -0.39 is 0 Å². The molecule has 1 aromatic carbocycles. The van der Waals surface area contributed by atoms with E-state index in [4.69, 9.17) is 4.74 Å². The second kappa shape index (κ2) is 9.54. The molecule has 26 heavy (non-hydrogen) atoms. The molecular formula is C17H21N3O4S2. The molecule has 0 spiro atoms. The minimum absolute atomic E-state index is 0.118. The number of esters is 1. The lowest BCUT2D eigenvalue weighted by Crippen LogP contribution is -2.20. The monoisotopic (exact) mass is 395 g/mol. The second-order valence-corrected chi connectivity index (χ2v) is 7.97. The quantitative estimate of drug-likeness (QED) is 0.417. The number of benzene rings is 1. The largest absolute Gasteiger partial charge is 0.483 e. The molecule has 0 radical (unpaired) electrons. The predicted octanol–water partition coefficient (Wildman–Crippen LogP) is 3.25. The number of thioether (sulfide) groups is 1. The second-order valence-electron chi connectivity index (χ2n) is 5.77. The summed E-state index contributed by atoms with van der Waals surface area (Å²) in [5.41, 5.74) is 2.13. The first-order chi connectivity index (χ1) is 12.4. The number of ether oxygens (including phenoxy) is 2. The molecule has 140 valence electrons. The van der Waals surface area contributed by atoms with Gasteiger partial charge < -0.3 is 9.47 Å². The molecular weight excluding hydrogens is 374 g/mol. The van der Waals surface area contributed by atoms with Gasteiger partial charge in [-0.1, -0.05) is 49.1 Å². The molecule has 1 N–H and O–H groups in total. The normalized spacial score (nSPS) is 10.7. The summed E-state index contributed by atoms with van der Waals surface area (Å²) in [5, 5.41) is 10.8. The highest BCUT2D eigenvalue weighted by Crippen LogP contribution is 2.28. The van der Waals surface area contributed by atoms with Gasteiger partial charge in [-0.15, -0.1) is 10.2 Å². The van der Waals surface area contributed by atoms with Gasteiger partial charge in [0.15, 0.2) is 10.9 Å². The van der Waals surface area contributed by atoms with Gasteiger partial charge in [0.25, 0.3) is 5.91 Å². The first-order valence-electron chi connectivity index (χ1n) is 7.95. The van der Waals surface area contributed by atoms with E-state index in [1.54, 1.807) is 0 Å². The third-order valence-corrected chi connectivity index (χ3v) is 5.29.